The monoisotopic (exact) mass is 300 g/mol. The zero-order chi connectivity index (χ0) is 15.9. The van der Waals surface area contributed by atoms with Crippen molar-refractivity contribution in [2.24, 2.45) is 0 Å². The lowest BCUT2D eigenvalue weighted by Gasteiger charge is -2.15. The van der Waals surface area contributed by atoms with Crippen LogP contribution in [0.2, 0.25) is 0 Å². The molecule has 0 fully saturated rings. The quantitative estimate of drug-likeness (QED) is 0.656. The molecule has 2 aromatic carbocycles. The Bertz CT molecular complexity index is 641. The number of amides is 1. The van der Waals surface area contributed by atoms with Gasteiger partial charge in [-0.3, -0.25) is 14.9 Å². The standard InChI is InChI=1S/C16H16N2O4/c1-22-15(13-5-3-2-4-6-13)16(19)17-11-12-7-9-14(10-8-12)18(20)21/h2-10,15H,11H2,1H3,(H,17,19). The molecule has 1 atom stereocenters. The highest BCUT2D eigenvalue weighted by molar-refractivity contribution is 5.82. The van der Waals surface area contributed by atoms with Crippen molar-refractivity contribution in [2.75, 3.05) is 7.11 Å². The van der Waals surface area contributed by atoms with Gasteiger partial charge in [-0.15, -0.1) is 0 Å². The van der Waals surface area contributed by atoms with E-state index < -0.39 is 11.0 Å². The molecule has 0 bridgehead atoms. The van der Waals surface area contributed by atoms with Crippen LogP contribution in [0, 0.1) is 10.1 Å². The van der Waals surface area contributed by atoms with Gasteiger partial charge in [-0.05, 0) is 11.1 Å². The Kier molecular flexibility index (Phi) is 5.21. The molecule has 0 aliphatic heterocycles. The fraction of sp³-hybridized carbons (Fsp3) is 0.188. The van der Waals surface area contributed by atoms with Gasteiger partial charge < -0.3 is 10.1 Å². The van der Waals surface area contributed by atoms with E-state index in [2.05, 4.69) is 5.32 Å². The maximum atomic E-state index is 12.2. The second-order valence-corrected chi connectivity index (χ2v) is 4.67. The van der Waals surface area contributed by atoms with Crippen molar-refractivity contribution < 1.29 is 14.5 Å². The molecule has 6 heteroatoms. The smallest absolute Gasteiger partial charge is 0.269 e. The topological polar surface area (TPSA) is 81.5 Å². The van der Waals surface area contributed by atoms with Crippen LogP contribution in [-0.4, -0.2) is 17.9 Å². The molecule has 22 heavy (non-hydrogen) atoms. The molecule has 0 spiro atoms. The van der Waals surface area contributed by atoms with Crippen LogP contribution in [0.1, 0.15) is 17.2 Å². The summed E-state index contributed by atoms with van der Waals surface area (Å²) in [6.45, 7) is 0.281. The predicted molar refractivity (Wildman–Crippen MR) is 81.1 cm³/mol. The highest BCUT2D eigenvalue weighted by Crippen LogP contribution is 2.17. The van der Waals surface area contributed by atoms with Crippen LogP contribution >= 0.6 is 0 Å². The summed E-state index contributed by atoms with van der Waals surface area (Å²) in [7, 11) is 1.48. The van der Waals surface area contributed by atoms with E-state index in [9.17, 15) is 14.9 Å². The van der Waals surface area contributed by atoms with Crippen LogP contribution in [0.5, 0.6) is 0 Å². The summed E-state index contributed by atoms with van der Waals surface area (Å²) in [5, 5.41) is 13.3. The molecule has 1 N–H and O–H groups in total. The number of carbonyl (C=O) groups is 1. The van der Waals surface area contributed by atoms with E-state index in [1.165, 1.54) is 19.2 Å². The third kappa shape index (κ3) is 3.89. The average Bonchev–Trinajstić information content (AvgIpc) is 2.55. The predicted octanol–water partition coefficient (Wildman–Crippen LogP) is 2.60. The molecule has 0 heterocycles. The Morgan fingerprint density at radius 2 is 1.82 bits per heavy atom. The number of non-ortho nitro benzene ring substituents is 1. The van der Waals surface area contributed by atoms with Crippen molar-refractivity contribution in [1.29, 1.82) is 0 Å². The molecular weight excluding hydrogens is 284 g/mol. The number of carbonyl (C=O) groups excluding carboxylic acids is 1. The highest BCUT2D eigenvalue weighted by Gasteiger charge is 2.19. The first kappa shape index (κ1) is 15.7. The molecule has 0 saturated carbocycles. The Morgan fingerprint density at radius 1 is 1.18 bits per heavy atom. The second-order valence-electron chi connectivity index (χ2n) is 4.67. The van der Waals surface area contributed by atoms with Crippen LogP contribution < -0.4 is 5.32 Å². The number of benzene rings is 2. The molecule has 0 aromatic heterocycles. The van der Waals surface area contributed by atoms with Gasteiger partial charge in [0, 0.05) is 25.8 Å². The second kappa shape index (κ2) is 7.33. The lowest BCUT2D eigenvalue weighted by Crippen LogP contribution is -2.29. The van der Waals surface area contributed by atoms with Gasteiger partial charge in [0.05, 0.1) is 4.92 Å². The van der Waals surface area contributed by atoms with E-state index in [4.69, 9.17) is 4.74 Å². The number of hydrogen-bond donors (Lipinski definition) is 1. The van der Waals surface area contributed by atoms with E-state index in [0.717, 1.165) is 11.1 Å². The van der Waals surface area contributed by atoms with Crippen molar-refractivity contribution in [3.8, 4) is 0 Å². The van der Waals surface area contributed by atoms with Crippen LogP contribution in [0.3, 0.4) is 0 Å². The molecule has 1 unspecified atom stereocenters. The van der Waals surface area contributed by atoms with Crippen molar-refractivity contribution in [3.05, 3.63) is 75.8 Å². The third-order valence-corrected chi connectivity index (χ3v) is 3.19. The lowest BCUT2D eigenvalue weighted by molar-refractivity contribution is -0.384. The number of nitro benzene ring substituents is 1. The Hall–Kier alpha value is -2.73. The van der Waals surface area contributed by atoms with Gasteiger partial charge in [0.25, 0.3) is 11.6 Å². The van der Waals surface area contributed by atoms with Crippen molar-refractivity contribution >= 4 is 11.6 Å². The fourth-order valence-corrected chi connectivity index (χ4v) is 2.04. The number of hydrogen-bond acceptors (Lipinski definition) is 4. The van der Waals surface area contributed by atoms with Gasteiger partial charge in [-0.1, -0.05) is 42.5 Å². The van der Waals surface area contributed by atoms with Gasteiger partial charge in [0.1, 0.15) is 0 Å². The lowest BCUT2D eigenvalue weighted by atomic mass is 10.1. The van der Waals surface area contributed by atoms with Crippen LogP contribution in [0.15, 0.2) is 54.6 Å². The number of nitrogens with one attached hydrogen (secondary N) is 1. The minimum Gasteiger partial charge on any atom is -0.367 e. The van der Waals surface area contributed by atoms with Crippen molar-refractivity contribution in [2.45, 2.75) is 12.6 Å². The van der Waals surface area contributed by atoms with E-state index in [-0.39, 0.29) is 18.1 Å². The summed E-state index contributed by atoms with van der Waals surface area (Å²) < 4.78 is 5.24. The van der Waals surface area contributed by atoms with Crippen LogP contribution in [-0.2, 0) is 16.1 Å². The van der Waals surface area contributed by atoms with Gasteiger partial charge in [-0.2, -0.15) is 0 Å². The summed E-state index contributed by atoms with van der Waals surface area (Å²) in [6.07, 6.45) is -0.681. The Labute approximate surface area is 127 Å². The molecule has 0 radical (unpaired) electrons. The van der Waals surface area contributed by atoms with Crippen molar-refractivity contribution in [1.82, 2.24) is 5.32 Å². The first-order valence-electron chi connectivity index (χ1n) is 6.70. The first-order chi connectivity index (χ1) is 10.6. The molecule has 0 saturated heterocycles. The molecule has 0 aliphatic rings. The van der Waals surface area contributed by atoms with E-state index in [1.54, 1.807) is 12.1 Å². The SMILES string of the molecule is COC(C(=O)NCc1ccc([N+](=O)[O-])cc1)c1ccccc1. The summed E-state index contributed by atoms with van der Waals surface area (Å²) in [5.41, 5.74) is 1.57. The maximum Gasteiger partial charge on any atom is 0.269 e. The summed E-state index contributed by atoms with van der Waals surface area (Å²) in [6, 6.07) is 15.2. The largest absolute Gasteiger partial charge is 0.367 e. The number of ether oxygens (including phenoxy) is 1. The van der Waals surface area contributed by atoms with Gasteiger partial charge >= 0.3 is 0 Å². The number of nitro groups is 1. The first-order valence-corrected chi connectivity index (χ1v) is 6.70. The third-order valence-electron chi connectivity index (χ3n) is 3.19. The number of rotatable bonds is 6. The van der Waals surface area contributed by atoms with Gasteiger partial charge in [0.15, 0.2) is 6.10 Å². The van der Waals surface area contributed by atoms with E-state index in [0.29, 0.717) is 0 Å². The summed E-state index contributed by atoms with van der Waals surface area (Å²) in [5.74, 6) is -0.257. The molecule has 0 aliphatic carbocycles. The normalized spacial score (nSPS) is 11.7. The fourth-order valence-electron chi connectivity index (χ4n) is 2.04. The Morgan fingerprint density at radius 3 is 2.36 bits per heavy atom. The Balaban J connectivity index is 1.98. The van der Waals surface area contributed by atoms with Crippen molar-refractivity contribution in [3.63, 3.8) is 0 Å². The number of nitrogens with zero attached hydrogens (tertiary/aromatic N) is 1. The summed E-state index contributed by atoms with van der Waals surface area (Å²) in [4.78, 5) is 22.3. The van der Waals surface area contributed by atoms with Crippen LogP contribution in [0.4, 0.5) is 5.69 Å². The molecule has 2 aromatic rings. The zero-order valence-corrected chi connectivity index (χ0v) is 12.1. The van der Waals surface area contributed by atoms with E-state index >= 15 is 0 Å². The molecular formula is C16H16N2O4. The molecule has 6 nitrogen and oxygen atoms in total. The number of methoxy groups -OCH3 is 1. The van der Waals surface area contributed by atoms with Gasteiger partial charge in [-0.25, -0.2) is 0 Å². The maximum absolute atomic E-state index is 12.2. The summed E-state index contributed by atoms with van der Waals surface area (Å²) >= 11 is 0. The zero-order valence-electron chi connectivity index (χ0n) is 12.1. The minimum absolute atomic E-state index is 0.0223. The average molecular weight is 300 g/mol. The van der Waals surface area contributed by atoms with E-state index in [1.807, 2.05) is 30.3 Å². The van der Waals surface area contributed by atoms with Gasteiger partial charge in [0.2, 0.25) is 0 Å². The minimum atomic E-state index is -0.681. The molecule has 114 valence electrons. The molecule has 2 rings (SSSR count). The van der Waals surface area contributed by atoms with Crippen LogP contribution in [0.25, 0.3) is 0 Å². The molecule has 1 amide bonds. The highest BCUT2D eigenvalue weighted by atomic mass is 16.6.